The van der Waals surface area contributed by atoms with Gasteiger partial charge in [-0.05, 0) is 70.1 Å². The lowest BCUT2D eigenvalue weighted by atomic mass is 9.96. The number of amides is 2. The summed E-state index contributed by atoms with van der Waals surface area (Å²) in [4.78, 5) is 32.6. The molecule has 5 rings (SSSR count). The smallest absolute Gasteiger partial charge is 0.262 e. The maximum absolute atomic E-state index is 13.4. The molecule has 3 N–H and O–H groups in total. The van der Waals surface area contributed by atoms with E-state index in [-0.39, 0.29) is 36.1 Å². The summed E-state index contributed by atoms with van der Waals surface area (Å²) >= 11 is 7.56. The summed E-state index contributed by atoms with van der Waals surface area (Å²) in [7, 11) is 0. The third-order valence-electron chi connectivity index (χ3n) is 8.01. The number of hydrogen-bond donors (Lipinski definition) is 3. The van der Waals surface area contributed by atoms with Crippen LogP contribution in [-0.2, 0) is 9.53 Å². The van der Waals surface area contributed by atoms with Crippen LogP contribution in [0.15, 0.2) is 24.4 Å². The Bertz CT molecular complexity index is 1110. The van der Waals surface area contributed by atoms with Gasteiger partial charge in [0.05, 0.1) is 39.5 Å². The van der Waals surface area contributed by atoms with Gasteiger partial charge in [0.25, 0.3) is 5.91 Å². The van der Waals surface area contributed by atoms with E-state index in [1.165, 1.54) is 24.2 Å². The number of rotatable bonds is 9. The van der Waals surface area contributed by atoms with E-state index in [1.807, 2.05) is 32.0 Å². The van der Waals surface area contributed by atoms with Gasteiger partial charge in [-0.25, -0.2) is 0 Å². The molecule has 37 heavy (non-hydrogen) atoms. The summed E-state index contributed by atoms with van der Waals surface area (Å²) in [6.07, 6.45) is 11.4. The Balaban J connectivity index is 1.23. The number of anilines is 1. The second-order valence-electron chi connectivity index (χ2n) is 10.9. The van der Waals surface area contributed by atoms with Crippen molar-refractivity contribution in [3.8, 4) is 0 Å². The number of halogens is 1. The van der Waals surface area contributed by atoms with Crippen LogP contribution in [0, 0.1) is 12.8 Å². The topological polar surface area (TPSA) is 92.4 Å². The summed E-state index contributed by atoms with van der Waals surface area (Å²) in [6, 6.07) is 5.26. The van der Waals surface area contributed by atoms with Crippen LogP contribution in [0.5, 0.6) is 0 Å². The van der Waals surface area contributed by atoms with E-state index in [9.17, 15) is 9.59 Å². The van der Waals surface area contributed by atoms with Gasteiger partial charge in [-0.2, -0.15) is 0 Å². The summed E-state index contributed by atoms with van der Waals surface area (Å²) in [5.74, 6) is 0.246. The zero-order chi connectivity index (χ0) is 25.9. The van der Waals surface area contributed by atoms with Crippen LogP contribution in [0.4, 0.5) is 5.69 Å². The first kappa shape index (κ1) is 26.4. The lowest BCUT2D eigenvalue weighted by molar-refractivity contribution is -0.125. The first-order valence-corrected chi connectivity index (χ1v) is 14.8. The molecule has 2 saturated heterocycles. The van der Waals surface area contributed by atoms with Crippen molar-refractivity contribution >= 4 is 40.4 Å². The van der Waals surface area contributed by atoms with Gasteiger partial charge in [0.2, 0.25) is 5.91 Å². The normalized spacial score (nSPS) is 25.0. The number of carbonyl (C=O) groups is 2. The van der Waals surface area contributed by atoms with Crippen molar-refractivity contribution in [1.29, 1.82) is 0 Å². The molecular formula is C28H37ClN4O3S. The number of pyridine rings is 1. The molecule has 4 atom stereocenters. The zero-order valence-electron chi connectivity index (χ0n) is 21.6. The number of aromatic nitrogens is 1. The molecule has 2 bridgehead atoms. The van der Waals surface area contributed by atoms with Crippen LogP contribution < -0.4 is 16.0 Å². The molecule has 9 heteroatoms. The second-order valence-corrected chi connectivity index (χ2v) is 12.5. The number of aryl methyl sites for hydroxylation is 1. The highest BCUT2D eigenvalue weighted by molar-refractivity contribution is 7.14. The summed E-state index contributed by atoms with van der Waals surface area (Å²) < 4.78 is 5.94. The van der Waals surface area contributed by atoms with Crippen LogP contribution in [0.25, 0.3) is 0 Å². The molecule has 3 aliphatic rings. The molecule has 2 unspecified atom stereocenters. The van der Waals surface area contributed by atoms with E-state index in [0.29, 0.717) is 22.2 Å². The number of ether oxygens (including phenoxy) is 1. The Morgan fingerprint density at radius 2 is 1.89 bits per heavy atom. The van der Waals surface area contributed by atoms with E-state index in [4.69, 9.17) is 16.3 Å². The van der Waals surface area contributed by atoms with Crippen LogP contribution >= 0.6 is 22.9 Å². The molecule has 1 aliphatic carbocycles. The maximum atomic E-state index is 13.4. The molecule has 1 saturated carbocycles. The lowest BCUT2D eigenvalue weighted by Crippen LogP contribution is -2.52. The molecule has 2 aliphatic heterocycles. The average Bonchev–Trinajstić information content (AvgIpc) is 3.63. The number of fused-ring (bicyclic) bond motifs is 2. The van der Waals surface area contributed by atoms with E-state index >= 15 is 0 Å². The lowest BCUT2D eigenvalue weighted by Gasteiger charge is -2.31. The predicted molar refractivity (Wildman–Crippen MR) is 147 cm³/mol. The standard InChI is InChI=1S/C28H37ClN4O3S/c1-16-23(12-19(29)15-30-16)31-17(2)25-9-10-26(37-25)28(35)33-24(11-18-5-3-4-6-18)27(34)32-20-13-21-7-8-22(14-20)36-21/h9-10,12,15,17-18,20-22,24,31H,3-8,11,13-14H2,1-2H3,(H,32,34)(H,33,35)/t17-,20?,21?,22?,24-/m0/s1. The summed E-state index contributed by atoms with van der Waals surface area (Å²) in [5, 5.41) is 10.4. The van der Waals surface area contributed by atoms with Gasteiger partial charge in [-0.3, -0.25) is 14.6 Å². The second kappa shape index (κ2) is 11.7. The number of thiophene rings is 1. The van der Waals surface area contributed by atoms with Gasteiger partial charge in [0, 0.05) is 17.1 Å². The van der Waals surface area contributed by atoms with Crippen LogP contribution in [0.2, 0.25) is 5.02 Å². The molecule has 0 aromatic carbocycles. The molecule has 2 amide bonds. The third-order valence-corrected chi connectivity index (χ3v) is 9.48. The molecule has 2 aromatic heterocycles. The first-order valence-electron chi connectivity index (χ1n) is 13.6. The maximum Gasteiger partial charge on any atom is 0.262 e. The highest BCUT2D eigenvalue weighted by atomic mass is 35.5. The van der Waals surface area contributed by atoms with E-state index in [1.54, 1.807) is 6.20 Å². The van der Waals surface area contributed by atoms with Crippen molar-refractivity contribution in [1.82, 2.24) is 15.6 Å². The molecule has 2 aromatic rings. The number of carbonyl (C=O) groups excluding carboxylic acids is 2. The zero-order valence-corrected chi connectivity index (χ0v) is 23.2. The van der Waals surface area contributed by atoms with Gasteiger partial charge in [0.15, 0.2) is 0 Å². The third kappa shape index (κ3) is 6.65. The Kier molecular flexibility index (Phi) is 8.37. The SMILES string of the molecule is Cc1ncc(Cl)cc1N[C@@H](C)c1ccc(C(=O)N[C@@H](CC2CCCC2)C(=O)NC2CC3CCC(C2)O3)s1. The number of hydrogen-bond acceptors (Lipinski definition) is 6. The van der Waals surface area contributed by atoms with E-state index in [0.717, 1.165) is 54.8 Å². The average molecular weight is 545 g/mol. The van der Waals surface area contributed by atoms with Gasteiger partial charge in [-0.15, -0.1) is 11.3 Å². The Hall–Kier alpha value is -2.16. The largest absolute Gasteiger partial charge is 0.376 e. The number of nitrogens with one attached hydrogen (secondary N) is 3. The van der Waals surface area contributed by atoms with Crippen LogP contribution in [-0.4, -0.2) is 41.1 Å². The minimum Gasteiger partial charge on any atom is -0.376 e. The summed E-state index contributed by atoms with van der Waals surface area (Å²) in [5.41, 5.74) is 1.73. The van der Waals surface area contributed by atoms with Crippen molar-refractivity contribution in [2.45, 2.75) is 102 Å². The van der Waals surface area contributed by atoms with Crippen molar-refractivity contribution in [2.24, 2.45) is 5.92 Å². The minimum absolute atomic E-state index is 0.0213. The molecule has 200 valence electrons. The minimum atomic E-state index is -0.516. The van der Waals surface area contributed by atoms with Gasteiger partial charge in [0.1, 0.15) is 6.04 Å². The van der Waals surface area contributed by atoms with Gasteiger partial charge in [-0.1, -0.05) is 37.3 Å². The fourth-order valence-corrected chi connectivity index (χ4v) is 7.05. The number of nitrogens with zero attached hydrogens (tertiary/aromatic N) is 1. The monoisotopic (exact) mass is 544 g/mol. The summed E-state index contributed by atoms with van der Waals surface area (Å²) in [6.45, 7) is 3.98. The fourth-order valence-electron chi connectivity index (χ4n) is 5.98. The van der Waals surface area contributed by atoms with E-state index in [2.05, 4.69) is 20.9 Å². The van der Waals surface area contributed by atoms with Gasteiger partial charge >= 0.3 is 0 Å². The van der Waals surface area contributed by atoms with Crippen molar-refractivity contribution in [3.63, 3.8) is 0 Å². The van der Waals surface area contributed by atoms with Crippen molar-refractivity contribution < 1.29 is 14.3 Å². The van der Waals surface area contributed by atoms with Crippen molar-refractivity contribution in [3.05, 3.63) is 44.9 Å². The molecule has 7 nitrogen and oxygen atoms in total. The first-order chi connectivity index (χ1) is 17.8. The molecule has 0 spiro atoms. The Morgan fingerprint density at radius 3 is 2.62 bits per heavy atom. The Morgan fingerprint density at radius 1 is 1.16 bits per heavy atom. The highest BCUT2D eigenvalue weighted by Crippen LogP contribution is 2.33. The fraction of sp³-hybridized carbons (Fsp3) is 0.607. The quantitative estimate of drug-likeness (QED) is 0.372. The van der Waals surface area contributed by atoms with Crippen LogP contribution in [0.1, 0.15) is 91.0 Å². The Labute approximate surface area is 228 Å². The van der Waals surface area contributed by atoms with Crippen molar-refractivity contribution in [2.75, 3.05) is 5.32 Å². The van der Waals surface area contributed by atoms with Gasteiger partial charge < -0.3 is 20.7 Å². The molecule has 0 radical (unpaired) electrons. The molecular weight excluding hydrogens is 508 g/mol. The highest BCUT2D eigenvalue weighted by Gasteiger charge is 2.37. The van der Waals surface area contributed by atoms with E-state index < -0.39 is 6.04 Å². The van der Waals surface area contributed by atoms with Crippen LogP contribution in [0.3, 0.4) is 0 Å². The molecule has 3 fully saturated rings. The predicted octanol–water partition coefficient (Wildman–Crippen LogP) is 5.78. The molecule has 4 heterocycles.